The third-order valence-electron chi connectivity index (χ3n) is 2.94. The van der Waals surface area contributed by atoms with Crippen molar-refractivity contribution in [2.24, 2.45) is 0 Å². The lowest BCUT2D eigenvalue weighted by molar-refractivity contribution is 0.102. The van der Waals surface area contributed by atoms with E-state index in [0.717, 1.165) is 21.3 Å². The van der Waals surface area contributed by atoms with Crippen LogP contribution in [0.15, 0.2) is 40.9 Å². The van der Waals surface area contributed by atoms with Gasteiger partial charge < -0.3 is 11.1 Å². The number of nitrogens with one attached hydrogen (secondary N) is 1. The fourth-order valence-corrected chi connectivity index (χ4v) is 2.32. The van der Waals surface area contributed by atoms with Crippen LogP contribution in [0, 0.1) is 13.8 Å². The van der Waals surface area contributed by atoms with Gasteiger partial charge in [0.2, 0.25) is 0 Å². The molecule has 3 nitrogen and oxygen atoms in total. The number of hydrogen-bond donors (Lipinski definition) is 2. The van der Waals surface area contributed by atoms with E-state index >= 15 is 0 Å². The molecule has 98 valence electrons. The van der Waals surface area contributed by atoms with E-state index in [1.807, 2.05) is 38.1 Å². The third-order valence-corrected chi connectivity index (χ3v) is 3.44. The first-order valence-electron chi connectivity index (χ1n) is 5.91. The topological polar surface area (TPSA) is 55.1 Å². The Morgan fingerprint density at radius 3 is 2.53 bits per heavy atom. The van der Waals surface area contributed by atoms with Crippen molar-refractivity contribution in [3.63, 3.8) is 0 Å². The number of anilines is 2. The number of aryl methyl sites for hydroxylation is 2. The molecule has 0 spiro atoms. The second-order valence-electron chi connectivity index (χ2n) is 4.49. The van der Waals surface area contributed by atoms with Gasteiger partial charge in [0.25, 0.3) is 5.91 Å². The molecule has 0 radical (unpaired) electrons. The standard InChI is InChI=1S/C15H15BrN2O/c1-9-3-5-12(17)8-14(9)18-15(19)13-6-4-11(16)7-10(13)2/h3-8H,17H2,1-2H3,(H,18,19). The molecule has 4 heteroatoms. The van der Waals surface area contributed by atoms with Crippen LogP contribution < -0.4 is 11.1 Å². The van der Waals surface area contributed by atoms with Crippen LogP contribution in [0.4, 0.5) is 11.4 Å². The summed E-state index contributed by atoms with van der Waals surface area (Å²) in [6.45, 7) is 3.84. The van der Waals surface area contributed by atoms with E-state index in [4.69, 9.17) is 5.73 Å². The molecule has 0 bridgehead atoms. The largest absolute Gasteiger partial charge is 0.399 e. The number of rotatable bonds is 2. The average Bonchev–Trinajstić information content (AvgIpc) is 2.33. The summed E-state index contributed by atoms with van der Waals surface area (Å²) in [4.78, 5) is 12.2. The van der Waals surface area contributed by atoms with E-state index in [0.29, 0.717) is 11.3 Å². The molecule has 0 saturated carbocycles. The first kappa shape index (κ1) is 13.6. The quantitative estimate of drug-likeness (QED) is 0.825. The van der Waals surface area contributed by atoms with Gasteiger partial charge in [-0.3, -0.25) is 4.79 Å². The van der Waals surface area contributed by atoms with Crippen molar-refractivity contribution < 1.29 is 4.79 Å². The Morgan fingerprint density at radius 1 is 1.11 bits per heavy atom. The van der Waals surface area contributed by atoms with Crippen LogP contribution in [0.5, 0.6) is 0 Å². The number of nitrogens with two attached hydrogens (primary N) is 1. The smallest absolute Gasteiger partial charge is 0.255 e. The number of hydrogen-bond acceptors (Lipinski definition) is 2. The lowest BCUT2D eigenvalue weighted by Gasteiger charge is -2.11. The molecule has 0 unspecified atom stereocenters. The Hall–Kier alpha value is -1.81. The van der Waals surface area contributed by atoms with Crippen LogP contribution in [-0.4, -0.2) is 5.91 Å². The van der Waals surface area contributed by atoms with Gasteiger partial charge >= 0.3 is 0 Å². The van der Waals surface area contributed by atoms with Crippen LogP contribution >= 0.6 is 15.9 Å². The van der Waals surface area contributed by atoms with Gasteiger partial charge in [-0.2, -0.15) is 0 Å². The fourth-order valence-electron chi connectivity index (χ4n) is 1.85. The Bertz CT molecular complexity index is 638. The highest BCUT2D eigenvalue weighted by atomic mass is 79.9. The van der Waals surface area contributed by atoms with E-state index in [1.165, 1.54) is 0 Å². The van der Waals surface area contributed by atoms with Crippen molar-refractivity contribution in [3.8, 4) is 0 Å². The monoisotopic (exact) mass is 318 g/mol. The minimum Gasteiger partial charge on any atom is -0.399 e. The lowest BCUT2D eigenvalue weighted by Crippen LogP contribution is -2.14. The maximum absolute atomic E-state index is 12.2. The Labute approximate surface area is 121 Å². The molecular formula is C15H15BrN2O. The molecule has 0 atom stereocenters. The lowest BCUT2D eigenvalue weighted by atomic mass is 10.1. The number of amides is 1. The maximum atomic E-state index is 12.2. The molecule has 3 N–H and O–H groups in total. The normalized spacial score (nSPS) is 10.3. The maximum Gasteiger partial charge on any atom is 0.255 e. The van der Waals surface area contributed by atoms with Gasteiger partial charge in [0.1, 0.15) is 0 Å². The summed E-state index contributed by atoms with van der Waals surface area (Å²) < 4.78 is 0.960. The summed E-state index contributed by atoms with van der Waals surface area (Å²) in [7, 11) is 0. The number of benzene rings is 2. The number of carbonyl (C=O) groups excluding carboxylic acids is 1. The predicted molar refractivity (Wildman–Crippen MR) is 82.4 cm³/mol. The van der Waals surface area contributed by atoms with Crippen molar-refractivity contribution in [1.29, 1.82) is 0 Å². The molecule has 0 saturated heterocycles. The molecule has 0 aliphatic carbocycles. The summed E-state index contributed by atoms with van der Waals surface area (Å²) in [5.74, 6) is -0.126. The molecule has 2 rings (SSSR count). The van der Waals surface area contributed by atoms with Crippen LogP contribution in [0.2, 0.25) is 0 Å². The van der Waals surface area contributed by atoms with E-state index in [9.17, 15) is 4.79 Å². The Morgan fingerprint density at radius 2 is 1.84 bits per heavy atom. The minimum absolute atomic E-state index is 0.126. The number of carbonyl (C=O) groups is 1. The SMILES string of the molecule is Cc1ccc(N)cc1NC(=O)c1ccc(Br)cc1C. The number of halogens is 1. The van der Waals surface area contributed by atoms with Crippen LogP contribution in [-0.2, 0) is 0 Å². The highest BCUT2D eigenvalue weighted by molar-refractivity contribution is 9.10. The number of nitrogen functional groups attached to an aromatic ring is 1. The second kappa shape index (κ2) is 5.45. The van der Waals surface area contributed by atoms with Crippen LogP contribution in [0.3, 0.4) is 0 Å². The third kappa shape index (κ3) is 3.15. The predicted octanol–water partition coefficient (Wildman–Crippen LogP) is 3.90. The van der Waals surface area contributed by atoms with Crippen molar-refractivity contribution in [2.45, 2.75) is 13.8 Å². The van der Waals surface area contributed by atoms with Gasteiger partial charge in [-0.25, -0.2) is 0 Å². The zero-order valence-corrected chi connectivity index (χ0v) is 12.4. The zero-order valence-electron chi connectivity index (χ0n) is 10.8. The zero-order chi connectivity index (χ0) is 14.0. The summed E-state index contributed by atoms with van der Waals surface area (Å²) in [5, 5.41) is 2.89. The van der Waals surface area contributed by atoms with Crippen molar-refractivity contribution >= 4 is 33.2 Å². The molecule has 1 amide bonds. The van der Waals surface area contributed by atoms with Gasteiger partial charge in [0.15, 0.2) is 0 Å². The summed E-state index contributed by atoms with van der Waals surface area (Å²) in [5.41, 5.74) is 9.68. The van der Waals surface area contributed by atoms with Gasteiger partial charge in [-0.05, 0) is 55.3 Å². The highest BCUT2D eigenvalue weighted by Gasteiger charge is 2.10. The first-order valence-corrected chi connectivity index (χ1v) is 6.70. The summed E-state index contributed by atoms with van der Waals surface area (Å²) >= 11 is 3.39. The molecule has 2 aromatic carbocycles. The molecule has 0 aliphatic heterocycles. The van der Waals surface area contributed by atoms with Crippen molar-refractivity contribution in [2.75, 3.05) is 11.1 Å². The van der Waals surface area contributed by atoms with Gasteiger partial charge in [-0.1, -0.05) is 22.0 Å². The Kier molecular flexibility index (Phi) is 3.90. The second-order valence-corrected chi connectivity index (χ2v) is 5.40. The van der Waals surface area contributed by atoms with E-state index < -0.39 is 0 Å². The molecule has 0 fully saturated rings. The highest BCUT2D eigenvalue weighted by Crippen LogP contribution is 2.21. The Balaban J connectivity index is 2.28. The van der Waals surface area contributed by atoms with Crippen LogP contribution in [0.25, 0.3) is 0 Å². The first-order chi connectivity index (χ1) is 8.97. The molecule has 19 heavy (non-hydrogen) atoms. The van der Waals surface area contributed by atoms with E-state index in [1.54, 1.807) is 12.1 Å². The van der Waals surface area contributed by atoms with Crippen molar-refractivity contribution in [3.05, 3.63) is 57.6 Å². The fraction of sp³-hybridized carbons (Fsp3) is 0.133. The van der Waals surface area contributed by atoms with E-state index in [2.05, 4.69) is 21.2 Å². The molecule has 0 aliphatic rings. The van der Waals surface area contributed by atoms with Crippen LogP contribution in [0.1, 0.15) is 21.5 Å². The molecule has 0 aromatic heterocycles. The minimum atomic E-state index is -0.126. The van der Waals surface area contributed by atoms with Gasteiger partial charge in [-0.15, -0.1) is 0 Å². The summed E-state index contributed by atoms with van der Waals surface area (Å²) in [6.07, 6.45) is 0. The molecular weight excluding hydrogens is 304 g/mol. The van der Waals surface area contributed by atoms with E-state index in [-0.39, 0.29) is 5.91 Å². The van der Waals surface area contributed by atoms with Crippen molar-refractivity contribution in [1.82, 2.24) is 0 Å². The molecule has 0 heterocycles. The average molecular weight is 319 g/mol. The van der Waals surface area contributed by atoms with Gasteiger partial charge in [0, 0.05) is 21.4 Å². The van der Waals surface area contributed by atoms with Gasteiger partial charge in [0.05, 0.1) is 0 Å². The summed E-state index contributed by atoms with van der Waals surface area (Å²) in [6, 6.07) is 11.0. The molecule has 2 aromatic rings.